The van der Waals surface area contributed by atoms with Gasteiger partial charge in [0.2, 0.25) is 5.91 Å². The van der Waals surface area contributed by atoms with Crippen molar-refractivity contribution >= 4 is 17.7 Å². The first kappa shape index (κ1) is 11.1. The predicted molar refractivity (Wildman–Crippen MR) is 65.4 cm³/mol. The summed E-state index contributed by atoms with van der Waals surface area (Å²) in [6, 6.07) is 7.83. The van der Waals surface area contributed by atoms with Gasteiger partial charge >= 0.3 is 6.09 Å². The molecule has 2 heterocycles. The second-order valence-corrected chi connectivity index (χ2v) is 4.63. The summed E-state index contributed by atoms with van der Waals surface area (Å²) in [5, 5.41) is 2.70. The summed E-state index contributed by atoms with van der Waals surface area (Å²) in [5.41, 5.74) is 2.09. The number of carbonyl (C=O) groups excluding carboxylic acids is 2. The Hall–Kier alpha value is -2.04. The average Bonchev–Trinajstić information content (AvgIpc) is 2.85. The van der Waals surface area contributed by atoms with Crippen LogP contribution in [0, 0.1) is 0 Å². The highest BCUT2D eigenvalue weighted by molar-refractivity contribution is 5.93. The maximum absolute atomic E-state index is 11.9. The third kappa shape index (κ3) is 1.63. The highest BCUT2D eigenvalue weighted by atomic mass is 16.6. The van der Waals surface area contributed by atoms with Crippen molar-refractivity contribution in [2.45, 2.75) is 25.5 Å². The van der Waals surface area contributed by atoms with Crippen LogP contribution in [-0.4, -0.2) is 30.7 Å². The molecule has 0 spiro atoms. The molecule has 1 aromatic carbocycles. The minimum Gasteiger partial charge on any atom is -0.442 e. The Labute approximate surface area is 105 Å². The largest absolute Gasteiger partial charge is 0.442 e. The van der Waals surface area contributed by atoms with E-state index in [9.17, 15) is 9.59 Å². The van der Waals surface area contributed by atoms with Crippen LogP contribution in [0.1, 0.15) is 12.5 Å². The third-order valence-electron chi connectivity index (χ3n) is 3.44. The lowest BCUT2D eigenvalue weighted by Gasteiger charge is -2.16. The molecule has 1 N–H and O–H groups in total. The molecule has 2 amide bonds. The van der Waals surface area contributed by atoms with Crippen LogP contribution < -0.4 is 10.2 Å². The van der Waals surface area contributed by atoms with Gasteiger partial charge in [-0.05, 0) is 18.1 Å². The summed E-state index contributed by atoms with van der Waals surface area (Å²) in [5.74, 6) is -0.111. The molecule has 0 radical (unpaired) electrons. The number of nitrogens with zero attached hydrogens (tertiary/aromatic N) is 1. The van der Waals surface area contributed by atoms with Gasteiger partial charge in [0, 0.05) is 6.92 Å². The lowest BCUT2D eigenvalue weighted by atomic mass is 10.1. The van der Waals surface area contributed by atoms with E-state index in [-0.39, 0.29) is 24.1 Å². The molecule has 2 unspecified atom stereocenters. The van der Waals surface area contributed by atoms with Crippen molar-refractivity contribution in [2.24, 2.45) is 0 Å². The van der Waals surface area contributed by atoms with E-state index in [0.717, 1.165) is 17.7 Å². The molecule has 0 bridgehead atoms. The first-order valence-electron chi connectivity index (χ1n) is 5.99. The highest BCUT2D eigenvalue weighted by Crippen LogP contribution is 2.38. The summed E-state index contributed by atoms with van der Waals surface area (Å²) in [7, 11) is 0. The van der Waals surface area contributed by atoms with E-state index < -0.39 is 0 Å². The molecular weight excluding hydrogens is 232 g/mol. The van der Waals surface area contributed by atoms with Crippen molar-refractivity contribution in [2.75, 3.05) is 11.4 Å². The Morgan fingerprint density at radius 3 is 3.06 bits per heavy atom. The van der Waals surface area contributed by atoms with Crippen molar-refractivity contribution in [3.8, 4) is 0 Å². The van der Waals surface area contributed by atoms with Gasteiger partial charge in [0.1, 0.15) is 6.10 Å². The molecule has 0 saturated carbocycles. The molecule has 2 aliphatic heterocycles. The summed E-state index contributed by atoms with van der Waals surface area (Å²) in [6.45, 7) is 1.83. The maximum Gasteiger partial charge on any atom is 0.415 e. The number of fused-ring (bicyclic) bond motifs is 3. The Morgan fingerprint density at radius 2 is 2.28 bits per heavy atom. The van der Waals surface area contributed by atoms with Gasteiger partial charge in [-0.25, -0.2) is 4.79 Å². The van der Waals surface area contributed by atoms with Gasteiger partial charge in [-0.3, -0.25) is 9.69 Å². The van der Waals surface area contributed by atoms with E-state index in [1.807, 2.05) is 24.3 Å². The Kier molecular flexibility index (Phi) is 2.47. The van der Waals surface area contributed by atoms with E-state index in [1.165, 1.54) is 6.92 Å². The van der Waals surface area contributed by atoms with Crippen molar-refractivity contribution in [3.05, 3.63) is 29.8 Å². The summed E-state index contributed by atoms with van der Waals surface area (Å²) in [6.07, 6.45) is 0.195. The SMILES string of the molecule is CC(=O)NCC1OC(=O)N2c3ccccc3CC12. The van der Waals surface area contributed by atoms with E-state index in [2.05, 4.69) is 5.32 Å². The molecule has 1 aromatic rings. The number of nitrogens with one attached hydrogen (secondary N) is 1. The molecule has 3 rings (SSSR count). The van der Waals surface area contributed by atoms with Crippen LogP contribution in [0.25, 0.3) is 0 Å². The van der Waals surface area contributed by atoms with Crippen molar-refractivity contribution < 1.29 is 14.3 Å². The quantitative estimate of drug-likeness (QED) is 0.849. The number of benzene rings is 1. The molecule has 5 heteroatoms. The number of carbonyl (C=O) groups is 2. The van der Waals surface area contributed by atoms with E-state index in [1.54, 1.807) is 4.90 Å². The minimum atomic E-state index is -0.319. The fourth-order valence-corrected chi connectivity index (χ4v) is 2.63. The molecule has 5 nitrogen and oxygen atoms in total. The van der Waals surface area contributed by atoms with Gasteiger partial charge in [0.05, 0.1) is 18.3 Å². The van der Waals surface area contributed by atoms with Crippen molar-refractivity contribution in [3.63, 3.8) is 0 Å². The first-order valence-corrected chi connectivity index (χ1v) is 5.99. The maximum atomic E-state index is 11.9. The number of rotatable bonds is 2. The number of hydrogen-bond donors (Lipinski definition) is 1. The lowest BCUT2D eigenvalue weighted by Crippen LogP contribution is -2.40. The average molecular weight is 246 g/mol. The Balaban J connectivity index is 1.82. The fourth-order valence-electron chi connectivity index (χ4n) is 2.63. The van der Waals surface area contributed by atoms with E-state index in [4.69, 9.17) is 4.74 Å². The first-order chi connectivity index (χ1) is 8.66. The van der Waals surface area contributed by atoms with Gasteiger partial charge in [0.15, 0.2) is 0 Å². The summed E-state index contributed by atoms with van der Waals surface area (Å²) in [4.78, 5) is 24.5. The normalized spacial score (nSPS) is 24.5. The highest BCUT2D eigenvalue weighted by Gasteiger charge is 2.47. The second kappa shape index (κ2) is 4.01. The van der Waals surface area contributed by atoms with E-state index >= 15 is 0 Å². The minimum absolute atomic E-state index is 0.00162. The lowest BCUT2D eigenvalue weighted by molar-refractivity contribution is -0.119. The van der Waals surface area contributed by atoms with Gasteiger partial charge < -0.3 is 10.1 Å². The van der Waals surface area contributed by atoms with Crippen LogP contribution >= 0.6 is 0 Å². The van der Waals surface area contributed by atoms with Crippen molar-refractivity contribution in [1.82, 2.24) is 5.32 Å². The number of anilines is 1. The number of amides is 2. The molecule has 2 atom stereocenters. The Morgan fingerprint density at radius 1 is 1.50 bits per heavy atom. The van der Waals surface area contributed by atoms with Crippen LogP contribution in [-0.2, 0) is 16.0 Å². The molecule has 18 heavy (non-hydrogen) atoms. The molecule has 2 aliphatic rings. The predicted octanol–water partition coefficient (Wildman–Crippen LogP) is 1.07. The van der Waals surface area contributed by atoms with Crippen LogP contribution in [0.2, 0.25) is 0 Å². The van der Waals surface area contributed by atoms with E-state index in [0.29, 0.717) is 6.54 Å². The molecule has 0 aliphatic carbocycles. The van der Waals surface area contributed by atoms with Crippen LogP contribution in [0.4, 0.5) is 10.5 Å². The van der Waals surface area contributed by atoms with Crippen LogP contribution in [0.15, 0.2) is 24.3 Å². The van der Waals surface area contributed by atoms with Crippen LogP contribution in [0.5, 0.6) is 0 Å². The van der Waals surface area contributed by atoms with Gasteiger partial charge in [-0.15, -0.1) is 0 Å². The molecular formula is C13H14N2O3. The standard InChI is InChI=1S/C13H14N2O3/c1-8(16)14-7-12-11-6-9-4-2-3-5-10(9)15(11)13(17)18-12/h2-5,11-12H,6-7H2,1H3,(H,14,16). The molecule has 94 valence electrons. The number of cyclic esters (lactones) is 1. The van der Waals surface area contributed by atoms with Crippen molar-refractivity contribution in [1.29, 1.82) is 0 Å². The number of hydrogen-bond acceptors (Lipinski definition) is 3. The zero-order valence-corrected chi connectivity index (χ0v) is 10.1. The fraction of sp³-hybridized carbons (Fsp3) is 0.385. The summed E-state index contributed by atoms with van der Waals surface area (Å²) >= 11 is 0. The number of para-hydroxylation sites is 1. The molecule has 0 aromatic heterocycles. The second-order valence-electron chi connectivity index (χ2n) is 4.63. The third-order valence-corrected chi connectivity index (χ3v) is 3.44. The summed E-state index contributed by atoms with van der Waals surface area (Å²) < 4.78 is 5.31. The molecule has 1 saturated heterocycles. The van der Waals surface area contributed by atoms with Gasteiger partial charge in [0.25, 0.3) is 0 Å². The zero-order valence-electron chi connectivity index (χ0n) is 10.1. The smallest absolute Gasteiger partial charge is 0.415 e. The topological polar surface area (TPSA) is 58.6 Å². The molecule has 1 fully saturated rings. The van der Waals surface area contributed by atoms with Gasteiger partial charge in [-0.1, -0.05) is 18.2 Å². The monoisotopic (exact) mass is 246 g/mol. The number of ether oxygens (including phenoxy) is 1. The zero-order chi connectivity index (χ0) is 12.7. The van der Waals surface area contributed by atoms with Crippen LogP contribution in [0.3, 0.4) is 0 Å². The van der Waals surface area contributed by atoms with Gasteiger partial charge in [-0.2, -0.15) is 0 Å². The Bertz CT molecular complexity index is 515.